The van der Waals surface area contributed by atoms with E-state index < -0.39 is 16.6 Å². The largest absolute Gasteiger partial charge is 0.317 e. The van der Waals surface area contributed by atoms with Crippen LogP contribution in [0.4, 0.5) is 4.39 Å². The first-order valence-corrected chi connectivity index (χ1v) is 6.07. The Hall–Kier alpha value is -0.590. The molecule has 0 saturated carbocycles. The fourth-order valence-electron chi connectivity index (χ4n) is 1.56. The molecule has 1 unspecified atom stereocenters. The van der Waals surface area contributed by atoms with Gasteiger partial charge in [0.25, 0.3) is 0 Å². The molecule has 0 aromatic carbocycles. The van der Waals surface area contributed by atoms with Crippen LogP contribution in [0.1, 0.15) is 12.8 Å². The quantitative estimate of drug-likeness (QED) is 0.808. The fourth-order valence-corrected chi connectivity index (χ4v) is 2.84. The van der Waals surface area contributed by atoms with Crippen molar-refractivity contribution in [2.45, 2.75) is 23.2 Å². The molecule has 1 aliphatic heterocycles. The van der Waals surface area contributed by atoms with Crippen LogP contribution < -0.4 is 5.32 Å². The molecule has 1 fully saturated rings. The lowest BCUT2D eigenvalue weighted by Crippen LogP contribution is -2.33. The zero-order chi connectivity index (χ0) is 10.7. The fraction of sp³-hybridized carbons (Fsp3) is 0.556. The Kier molecular flexibility index (Phi) is 5.24. The summed E-state index contributed by atoms with van der Waals surface area (Å²) in [4.78, 5) is 7.49. The molecule has 1 aromatic rings. The number of rotatable bonds is 2. The lowest BCUT2D eigenvalue weighted by molar-refractivity contribution is 0.517. The van der Waals surface area contributed by atoms with Crippen molar-refractivity contribution in [1.82, 2.24) is 15.3 Å². The average molecular weight is 266 g/mol. The molecule has 1 atom stereocenters. The molecule has 2 rings (SSSR count). The smallest absolute Gasteiger partial charge is 0.218 e. The maximum absolute atomic E-state index is 12.6. The van der Waals surface area contributed by atoms with Crippen molar-refractivity contribution in [2.24, 2.45) is 0 Å². The molecule has 1 aromatic heterocycles. The van der Waals surface area contributed by atoms with Crippen molar-refractivity contribution < 1.29 is 8.60 Å². The standard InChI is InChI=1S/C9H12FN3OS.ClH/c10-7-5-12-9(13-6-7)15(14)8-1-3-11-4-2-8;/h5-6,8,11H,1-4H2;1H. The third kappa shape index (κ3) is 3.20. The van der Waals surface area contributed by atoms with Crippen LogP contribution in [0.5, 0.6) is 0 Å². The maximum atomic E-state index is 12.6. The van der Waals surface area contributed by atoms with E-state index in [2.05, 4.69) is 15.3 Å². The molecule has 0 amide bonds. The number of nitrogens with zero attached hydrogens (tertiary/aromatic N) is 2. The van der Waals surface area contributed by atoms with Gasteiger partial charge in [-0.2, -0.15) is 0 Å². The van der Waals surface area contributed by atoms with E-state index in [1.54, 1.807) is 0 Å². The second kappa shape index (κ2) is 6.22. The van der Waals surface area contributed by atoms with E-state index in [9.17, 15) is 8.60 Å². The molecule has 7 heteroatoms. The van der Waals surface area contributed by atoms with Crippen LogP contribution >= 0.6 is 12.4 Å². The maximum Gasteiger partial charge on any atom is 0.218 e. The topological polar surface area (TPSA) is 54.9 Å². The first kappa shape index (κ1) is 13.5. The number of nitrogens with one attached hydrogen (secondary N) is 1. The van der Waals surface area contributed by atoms with Crippen LogP contribution in [-0.2, 0) is 10.8 Å². The minimum absolute atomic E-state index is 0. The summed E-state index contributed by atoms with van der Waals surface area (Å²) in [6, 6.07) is 0. The monoisotopic (exact) mass is 265 g/mol. The zero-order valence-corrected chi connectivity index (χ0v) is 10.2. The van der Waals surface area contributed by atoms with Crippen LogP contribution in [-0.4, -0.2) is 32.5 Å². The van der Waals surface area contributed by atoms with Crippen molar-refractivity contribution in [2.75, 3.05) is 13.1 Å². The third-order valence-electron chi connectivity index (χ3n) is 2.37. The Bertz CT molecular complexity index is 356. The van der Waals surface area contributed by atoms with Gasteiger partial charge >= 0.3 is 0 Å². The normalized spacial score (nSPS) is 18.8. The third-order valence-corrected chi connectivity index (χ3v) is 4.01. The zero-order valence-electron chi connectivity index (χ0n) is 8.56. The Balaban J connectivity index is 0.00000128. The summed E-state index contributed by atoms with van der Waals surface area (Å²) in [5, 5.41) is 3.53. The Morgan fingerprint density at radius 1 is 1.31 bits per heavy atom. The number of halogens is 2. The molecule has 0 radical (unpaired) electrons. The van der Waals surface area contributed by atoms with E-state index in [0.717, 1.165) is 38.3 Å². The van der Waals surface area contributed by atoms with Gasteiger partial charge in [0.05, 0.1) is 23.2 Å². The van der Waals surface area contributed by atoms with Crippen molar-refractivity contribution >= 4 is 23.2 Å². The molecular formula is C9H13ClFN3OS. The Morgan fingerprint density at radius 3 is 2.44 bits per heavy atom. The molecule has 2 heterocycles. The van der Waals surface area contributed by atoms with E-state index in [4.69, 9.17) is 0 Å². The number of piperidine rings is 1. The molecule has 0 aliphatic carbocycles. The lowest BCUT2D eigenvalue weighted by Gasteiger charge is -2.20. The van der Waals surface area contributed by atoms with Crippen LogP contribution in [0, 0.1) is 5.82 Å². The van der Waals surface area contributed by atoms with E-state index in [-0.39, 0.29) is 22.8 Å². The molecular weight excluding hydrogens is 253 g/mol. The highest BCUT2D eigenvalue weighted by Crippen LogP contribution is 2.14. The summed E-state index contributed by atoms with van der Waals surface area (Å²) in [7, 11) is -1.21. The number of hydrogen-bond donors (Lipinski definition) is 1. The van der Waals surface area contributed by atoms with Gasteiger partial charge in [-0.05, 0) is 25.9 Å². The van der Waals surface area contributed by atoms with Crippen LogP contribution in [0.25, 0.3) is 0 Å². The summed E-state index contributed by atoms with van der Waals surface area (Å²) in [5.41, 5.74) is 0. The second-order valence-electron chi connectivity index (χ2n) is 3.43. The summed E-state index contributed by atoms with van der Waals surface area (Å²) in [5.74, 6) is -0.499. The van der Waals surface area contributed by atoms with Gasteiger partial charge in [0.1, 0.15) is 0 Å². The van der Waals surface area contributed by atoms with E-state index >= 15 is 0 Å². The number of hydrogen-bond acceptors (Lipinski definition) is 4. The van der Waals surface area contributed by atoms with Crippen molar-refractivity contribution in [1.29, 1.82) is 0 Å². The van der Waals surface area contributed by atoms with E-state index in [1.807, 2.05) is 0 Å². The first-order valence-electron chi connectivity index (χ1n) is 4.86. The Labute approximate surface area is 102 Å². The van der Waals surface area contributed by atoms with Crippen molar-refractivity contribution in [3.05, 3.63) is 18.2 Å². The van der Waals surface area contributed by atoms with Gasteiger partial charge in [-0.15, -0.1) is 12.4 Å². The van der Waals surface area contributed by atoms with Gasteiger partial charge in [-0.25, -0.2) is 14.4 Å². The van der Waals surface area contributed by atoms with Gasteiger partial charge in [-0.1, -0.05) is 0 Å². The molecule has 1 saturated heterocycles. The molecule has 1 N–H and O–H groups in total. The predicted molar refractivity (Wildman–Crippen MR) is 61.5 cm³/mol. The van der Waals surface area contributed by atoms with Gasteiger partial charge in [0, 0.05) is 5.25 Å². The molecule has 1 aliphatic rings. The van der Waals surface area contributed by atoms with Crippen LogP contribution in [0.2, 0.25) is 0 Å². The molecule has 16 heavy (non-hydrogen) atoms. The summed E-state index contributed by atoms with van der Waals surface area (Å²) >= 11 is 0. The van der Waals surface area contributed by atoms with Crippen LogP contribution in [0.15, 0.2) is 17.6 Å². The van der Waals surface area contributed by atoms with Crippen molar-refractivity contribution in [3.8, 4) is 0 Å². The molecule has 4 nitrogen and oxygen atoms in total. The minimum Gasteiger partial charge on any atom is -0.317 e. The first-order chi connectivity index (χ1) is 7.27. The highest BCUT2D eigenvalue weighted by atomic mass is 35.5. The summed E-state index contributed by atoms with van der Waals surface area (Å²) < 4.78 is 24.5. The highest BCUT2D eigenvalue weighted by molar-refractivity contribution is 7.85. The van der Waals surface area contributed by atoms with Gasteiger partial charge < -0.3 is 5.32 Å². The van der Waals surface area contributed by atoms with Crippen molar-refractivity contribution in [3.63, 3.8) is 0 Å². The summed E-state index contributed by atoms with van der Waals surface area (Å²) in [6.07, 6.45) is 3.82. The van der Waals surface area contributed by atoms with Crippen LogP contribution in [0.3, 0.4) is 0 Å². The van der Waals surface area contributed by atoms with E-state index in [0.29, 0.717) is 0 Å². The van der Waals surface area contributed by atoms with Gasteiger partial charge in [-0.3, -0.25) is 4.21 Å². The molecule has 0 bridgehead atoms. The highest BCUT2D eigenvalue weighted by Gasteiger charge is 2.22. The number of aromatic nitrogens is 2. The molecule has 0 spiro atoms. The SMILES string of the molecule is Cl.O=S(c1ncc(F)cn1)C1CCNCC1. The second-order valence-corrected chi connectivity index (χ2v) is 5.06. The van der Waals surface area contributed by atoms with Gasteiger partial charge in [0.15, 0.2) is 5.82 Å². The predicted octanol–water partition coefficient (Wildman–Crippen LogP) is 0.897. The summed E-state index contributed by atoms with van der Waals surface area (Å²) in [6.45, 7) is 1.75. The average Bonchev–Trinajstić information content (AvgIpc) is 2.30. The minimum atomic E-state index is -1.21. The Morgan fingerprint density at radius 2 is 1.88 bits per heavy atom. The molecule has 90 valence electrons. The van der Waals surface area contributed by atoms with E-state index in [1.165, 1.54) is 0 Å². The lowest BCUT2D eigenvalue weighted by atomic mass is 10.2. The van der Waals surface area contributed by atoms with Gasteiger partial charge in [0.2, 0.25) is 5.16 Å².